The van der Waals surface area contributed by atoms with Crippen LogP contribution in [-0.2, 0) is 13.0 Å². The van der Waals surface area contributed by atoms with Crippen LogP contribution in [0.15, 0.2) is 30.6 Å². The number of aromatic nitrogens is 3. The van der Waals surface area contributed by atoms with E-state index in [4.69, 9.17) is 5.11 Å². The van der Waals surface area contributed by atoms with Crippen LogP contribution in [0.2, 0.25) is 0 Å². The van der Waals surface area contributed by atoms with E-state index < -0.39 is 5.97 Å². The molecule has 1 heterocycles. The number of rotatable bonds is 6. The van der Waals surface area contributed by atoms with Crippen molar-refractivity contribution in [3.8, 4) is 0 Å². The number of aromatic carboxylic acids is 1. The monoisotopic (exact) mass is 259 g/mol. The average Bonchev–Trinajstić information content (AvgIpc) is 2.84. The van der Waals surface area contributed by atoms with Crippen molar-refractivity contribution in [2.45, 2.75) is 32.7 Å². The van der Waals surface area contributed by atoms with Crippen molar-refractivity contribution in [1.29, 1.82) is 0 Å². The molecule has 1 aromatic heterocycles. The van der Waals surface area contributed by atoms with Crippen LogP contribution in [0.3, 0.4) is 0 Å². The lowest BCUT2D eigenvalue weighted by Crippen LogP contribution is -2.05. The van der Waals surface area contributed by atoms with Gasteiger partial charge in [0.05, 0.1) is 12.1 Å². The van der Waals surface area contributed by atoms with Crippen molar-refractivity contribution >= 4 is 5.97 Å². The van der Waals surface area contributed by atoms with E-state index in [0.29, 0.717) is 12.1 Å². The summed E-state index contributed by atoms with van der Waals surface area (Å²) >= 11 is 0. The van der Waals surface area contributed by atoms with Crippen LogP contribution in [0.5, 0.6) is 0 Å². The summed E-state index contributed by atoms with van der Waals surface area (Å²) in [6.45, 7) is 2.82. The van der Waals surface area contributed by atoms with E-state index >= 15 is 0 Å². The lowest BCUT2D eigenvalue weighted by atomic mass is 10.1. The van der Waals surface area contributed by atoms with Crippen molar-refractivity contribution in [2.24, 2.45) is 0 Å². The molecule has 0 fully saturated rings. The molecular formula is C14H17N3O2. The van der Waals surface area contributed by atoms with Gasteiger partial charge in [-0.1, -0.05) is 25.5 Å². The van der Waals surface area contributed by atoms with Gasteiger partial charge in [-0.05, 0) is 24.1 Å². The molecule has 1 aromatic carbocycles. The molecular weight excluding hydrogens is 242 g/mol. The van der Waals surface area contributed by atoms with E-state index in [2.05, 4.69) is 17.1 Å². The molecule has 0 aliphatic heterocycles. The fourth-order valence-electron chi connectivity index (χ4n) is 1.89. The molecule has 0 aliphatic rings. The van der Waals surface area contributed by atoms with Crippen LogP contribution in [0.25, 0.3) is 0 Å². The molecule has 0 amide bonds. The Kier molecular flexibility index (Phi) is 4.28. The van der Waals surface area contributed by atoms with Gasteiger partial charge in [0.15, 0.2) is 0 Å². The molecule has 0 radical (unpaired) electrons. The Morgan fingerprint density at radius 1 is 1.32 bits per heavy atom. The van der Waals surface area contributed by atoms with Crippen molar-refractivity contribution in [1.82, 2.24) is 14.8 Å². The fraction of sp³-hybridized carbons (Fsp3) is 0.357. The quantitative estimate of drug-likeness (QED) is 0.864. The third-order valence-electron chi connectivity index (χ3n) is 3.00. The van der Waals surface area contributed by atoms with Gasteiger partial charge in [-0.25, -0.2) is 4.79 Å². The Bertz CT molecular complexity index is 546. The van der Waals surface area contributed by atoms with E-state index in [9.17, 15) is 4.79 Å². The first-order valence-corrected chi connectivity index (χ1v) is 6.39. The first-order chi connectivity index (χ1) is 9.20. The first kappa shape index (κ1) is 13.3. The van der Waals surface area contributed by atoms with Crippen molar-refractivity contribution in [2.75, 3.05) is 0 Å². The standard InChI is InChI=1S/C14H17N3O2/c1-2-3-4-13-16-15-10-17(13)9-11-5-7-12(8-6-11)14(18)19/h5-8,10H,2-4,9H2,1H3,(H,18,19). The lowest BCUT2D eigenvalue weighted by Gasteiger charge is -2.06. The zero-order valence-electron chi connectivity index (χ0n) is 10.9. The molecule has 0 atom stereocenters. The molecule has 2 rings (SSSR count). The van der Waals surface area contributed by atoms with Gasteiger partial charge in [-0.15, -0.1) is 10.2 Å². The summed E-state index contributed by atoms with van der Waals surface area (Å²) in [6, 6.07) is 6.89. The topological polar surface area (TPSA) is 68.0 Å². The van der Waals surface area contributed by atoms with Crippen molar-refractivity contribution in [3.63, 3.8) is 0 Å². The molecule has 0 bridgehead atoms. The minimum absolute atomic E-state index is 0.304. The van der Waals surface area contributed by atoms with Gasteiger partial charge in [-0.3, -0.25) is 0 Å². The zero-order valence-corrected chi connectivity index (χ0v) is 10.9. The molecule has 0 aliphatic carbocycles. The summed E-state index contributed by atoms with van der Waals surface area (Å²) in [5.41, 5.74) is 1.35. The van der Waals surface area contributed by atoms with E-state index in [0.717, 1.165) is 30.7 Å². The number of aryl methyl sites for hydroxylation is 1. The summed E-state index contributed by atoms with van der Waals surface area (Å²) in [6.07, 6.45) is 4.86. The highest BCUT2D eigenvalue weighted by atomic mass is 16.4. The Balaban J connectivity index is 2.08. The molecule has 100 valence electrons. The molecule has 0 saturated heterocycles. The molecule has 0 saturated carbocycles. The number of hydrogen-bond acceptors (Lipinski definition) is 3. The molecule has 5 heteroatoms. The minimum atomic E-state index is -0.903. The Hall–Kier alpha value is -2.17. The van der Waals surface area contributed by atoms with Crippen molar-refractivity contribution < 1.29 is 9.90 Å². The van der Waals surface area contributed by atoms with Crippen LogP contribution >= 0.6 is 0 Å². The van der Waals surface area contributed by atoms with Gasteiger partial charge in [-0.2, -0.15) is 0 Å². The third-order valence-corrected chi connectivity index (χ3v) is 3.00. The number of hydrogen-bond donors (Lipinski definition) is 1. The van der Waals surface area contributed by atoms with Gasteiger partial charge in [0.1, 0.15) is 12.2 Å². The van der Waals surface area contributed by atoms with Crippen LogP contribution in [0.1, 0.15) is 41.5 Å². The van der Waals surface area contributed by atoms with E-state index in [-0.39, 0.29) is 0 Å². The molecule has 2 aromatic rings. The molecule has 19 heavy (non-hydrogen) atoms. The number of benzene rings is 1. The first-order valence-electron chi connectivity index (χ1n) is 6.39. The normalized spacial score (nSPS) is 10.6. The maximum Gasteiger partial charge on any atom is 0.335 e. The lowest BCUT2D eigenvalue weighted by molar-refractivity contribution is 0.0697. The minimum Gasteiger partial charge on any atom is -0.478 e. The highest BCUT2D eigenvalue weighted by molar-refractivity contribution is 5.87. The number of carbonyl (C=O) groups is 1. The second-order valence-corrected chi connectivity index (χ2v) is 4.48. The summed E-state index contributed by atoms with van der Waals surface area (Å²) in [4.78, 5) is 10.8. The van der Waals surface area contributed by atoms with Gasteiger partial charge < -0.3 is 9.67 Å². The highest BCUT2D eigenvalue weighted by Crippen LogP contribution is 2.09. The maximum atomic E-state index is 10.8. The summed E-state index contributed by atoms with van der Waals surface area (Å²) in [5, 5.41) is 16.9. The summed E-state index contributed by atoms with van der Waals surface area (Å²) in [5.74, 6) is 0.0728. The highest BCUT2D eigenvalue weighted by Gasteiger charge is 2.06. The summed E-state index contributed by atoms with van der Waals surface area (Å²) in [7, 11) is 0. The number of unbranched alkanes of at least 4 members (excludes halogenated alkanes) is 1. The predicted molar refractivity (Wildman–Crippen MR) is 71.1 cm³/mol. The molecule has 0 unspecified atom stereocenters. The number of carboxylic acid groups (broad SMARTS) is 1. The average molecular weight is 259 g/mol. The predicted octanol–water partition coefficient (Wildman–Crippen LogP) is 2.37. The number of carboxylic acids is 1. The van der Waals surface area contributed by atoms with Gasteiger partial charge in [0.25, 0.3) is 0 Å². The molecule has 0 spiro atoms. The smallest absolute Gasteiger partial charge is 0.335 e. The van der Waals surface area contributed by atoms with Crippen LogP contribution in [-0.4, -0.2) is 25.8 Å². The van der Waals surface area contributed by atoms with Crippen LogP contribution < -0.4 is 0 Å². The van der Waals surface area contributed by atoms with E-state index in [1.54, 1.807) is 18.5 Å². The maximum absolute atomic E-state index is 10.8. The Morgan fingerprint density at radius 3 is 2.68 bits per heavy atom. The van der Waals surface area contributed by atoms with Crippen LogP contribution in [0, 0.1) is 0 Å². The largest absolute Gasteiger partial charge is 0.478 e. The Labute approximate surface area is 111 Å². The SMILES string of the molecule is CCCCc1nncn1Cc1ccc(C(=O)O)cc1. The second kappa shape index (κ2) is 6.13. The van der Waals surface area contributed by atoms with Gasteiger partial charge >= 0.3 is 5.97 Å². The molecule has 1 N–H and O–H groups in total. The van der Waals surface area contributed by atoms with E-state index in [1.807, 2.05) is 16.7 Å². The van der Waals surface area contributed by atoms with Gasteiger partial charge in [0.2, 0.25) is 0 Å². The van der Waals surface area contributed by atoms with Gasteiger partial charge in [0, 0.05) is 6.42 Å². The zero-order chi connectivity index (χ0) is 13.7. The fourth-order valence-corrected chi connectivity index (χ4v) is 1.89. The number of nitrogens with zero attached hydrogens (tertiary/aromatic N) is 3. The summed E-state index contributed by atoms with van der Waals surface area (Å²) < 4.78 is 2.01. The van der Waals surface area contributed by atoms with Crippen molar-refractivity contribution in [3.05, 3.63) is 47.5 Å². The molecule has 5 nitrogen and oxygen atoms in total. The Morgan fingerprint density at radius 2 is 2.05 bits per heavy atom. The van der Waals surface area contributed by atoms with E-state index in [1.165, 1.54) is 0 Å². The third kappa shape index (κ3) is 3.40. The van der Waals surface area contributed by atoms with Crippen LogP contribution in [0.4, 0.5) is 0 Å². The second-order valence-electron chi connectivity index (χ2n) is 4.48.